The van der Waals surface area contributed by atoms with E-state index in [1.54, 1.807) is 6.07 Å². The van der Waals surface area contributed by atoms with E-state index in [4.69, 9.17) is 11.6 Å². The van der Waals surface area contributed by atoms with Crippen LogP contribution in [0.2, 0.25) is 0 Å². The van der Waals surface area contributed by atoms with Gasteiger partial charge in [0.2, 0.25) is 0 Å². The van der Waals surface area contributed by atoms with Crippen LogP contribution in [0.15, 0.2) is 22.7 Å². The van der Waals surface area contributed by atoms with E-state index in [2.05, 4.69) is 20.7 Å². The Morgan fingerprint density at radius 2 is 2.19 bits per heavy atom. The predicted octanol–water partition coefficient (Wildman–Crippen LogP) is 3.40. The average Bonchev–Trinajstić information content (AvgIpc) is 2.22. The Morgan fingerprint density at radius 1 is 1.50 bits per heavy atom. The van der Waals surface area contributed by atoms with Crippen LogP contribution in [0.25, 0.3) is 0 Å². The molecule has 0 aliphatic rings. The van der Waals surface area contributed by atoms with Gasteiger partial charge in [-0.2, -0.15) is 8.78 Å². The Balaban J connectivity index is 2.86. The van der Waals surface area contributed by atoms with E-state index >= 15 is 0 Å². The van der Waals surface area contributed by atoms with Gasteiger partial charge in [-0.15, -0.1) is 11.6 Å². The van der Waals surface area contributed by atoms with Gasteiger partial charge in [-0.05, 0) is 23.8 Å². The van der Waals surface area contributed by atoms with Crippen molar-refractivity contribution in [3.05, 3.63) is 28.2 Å². The summed E-state index contributed by atoms with van der Waals surface area (Å²) in [5.74, 6) is -0.265. The lowest BCUT2D eigenvalue weighted by Crippen LogP contribution is -2.06. The molecule has 88 valence electrons. The molecule has 16 heavy (non-hydrogen) atoms. The fourth-order valence-corrected chi connectivity index (χ4v) is 1.60. The zero-order chi connectivity index (χ0) is 12.1. The molecule has 1 aromatic rings. The molecule has 1 aromatic carbocycles. The molecule has 1 rings (SSSR count). The first-order valence-electron chi connectivity index (χ1n) is 4.34. The average molecular weight is 314 g/mol. The fraction of sp³-hybridized carbons (Fsp3) is 0.300. The third-order valence-corrected chi connectivity index (χ3v) is 2.85. The normalized spacial score (nSPS) is 10.6. The summed E-state index contributed by atoms with van der Waals surface area (Å²) in [6, 6.07) is 4.33. The third kappa shape index (κ3) is 4.06. The van der Waals surface area contributed by atoms with Crippen LogP contribution in [-0.2, 0) is 11.2 Å². The minimum atomic E-state index is -2.88. The quantitative estimate of drug-likeness (QED) is 0.779. The lowest BCUT2D eigenvalue weighted by atomic mass is 10.1. The van der Waals surface area contributed by atoms with Crippen LogP contribution >= 0.6 is 27.5 Å². The SMILES string of the molecule is O=C(CCl)Cc1cc(OC(F)F)ccc1Br. The number of benzene rings is 1. The van der Waals surface area contributed by atoms with Crippen molar-refractivity contribution < 1.29 is 18.3 Å². The Morgan fingerprint density at radius 3 is 2.75 bits per heavy atom. The van der Waals surface area contributed by atoms with E-state index in [0.717, 1.165) is 0 Å². The van der Waals surface area contributed by atoms with Crippen LogP contribution in [0.3, 0.4) is 0 Å². The fourth-order valence-electron chi connectivity index (χ4n) is 1.12. The molecule has 0 fully saturated rings. The largest absolute Gasteiger partial charge is 0.435 e. The van der Waals surface area contributed by atoms with E-state index in [1.165, 1.54) is 12.1 Å². The van der Waals surface area contributed by atoms with Crippen molar-refractivity contribution >= 4 is 33.3 Å². The van der Waals surface area contributed by atoms with E-state index < -0.39 is 6.61 Å². The second kappa shape index (κ2) is 6.15. The summed E-state index contributed by atoms with van der Waals surface area (Å²) in [5, 5.41) is 0. The van der Waals surface area contributed by atoms with Crippen LogP contribution in [0.1, 0.15) is 5.56 Å². The minimum Gasteiger partial charge on any atom is -0.435 e. The Kier molecular flexibility index (Phi) is 5.15. The lowest BCUT2D eigenvalue weighted by molar-refractivity contribution is -0.116. The van der Waals surface area contributed by atoms with Gasteiger partial charge in [0, 0.05) is 10.9 Å². The first-order valence-corrected chi connectivity index (χ1v) is 5.66. The monoisotopic (exact) mass is 312 g/mol. The summed E-state index contributed by atoms with van der Waals surface area (Å²) in [6.07, 6.45) is 0.0878. The van der Waals surface area contributed by atoms with Crippen molar-refractivity contribution in [2.24, 2.45) is 0 Å². The maximum atomic E-state index is 12.0. The maximum absolute atomic E-state index is 12.0. The van der Waals surface area contributed by atoms with Gasteiger partial charge < -0.3 is 4.74 Å². The summed E-state index contributed by atoms with van der Waals surface area (Å²) in [4.78, 5) is 11.1. The molecular formula is C10H8BrClF2O2. The highest BCUT2D eigenvalue weighted by atomic mass is 79.9. The Labute approximate surface area is 105 Å². The second-order valence-electron chi connectivity index (χ2n) is 2.98. The van der Waals surface area contributed by atoms with Crippen molar-refractivity contribution in [1.29, 1.82) is 0 Å². The highest BCUT2D eigenvalue weighted by molar-refractivity contribution is 9.10. The molecule has 0 spiro atoms. The standard InChI is InChI=1S/C10H8BrClF2O2/c11-9-2-1-8(16-10(13)14)4-6(9)3-7(15)5-12/h1-2,4,10H,3,5H2. The summed E-state index contributed by atoms with van der Waals surface area (Å²) >= 11 is 8.58. The number of carbonyl (C=O) groups is 1. The van der Waals surface area contributed by atoms with Crippen LogP contribution in [0.4, 0.5) is 8.78 Å². The predicted molar refractivity (Wildman–Crippen MR) is 60.2 cm³/mol. The first kappa shape index (κ1) is 13.4. The molecule has 0 saturated heterocycles. The molecule has 0 bridgehead atoms. The molecule has 0 amide bonds. The molecule has 0 aliphatic carbocycles. The van der Waals surface area contributed by atoms with Gasteiger partial charge in [0.05, 0.1) is 5.88 Å². The van der Waals surface area contributed by atoms with Gasteiger partial charge in [-0.25, -0.2) is 0 Å². The van der Waals surface area contributed by atoms with Gasteiger partial charge in [-0.1, -0.05) is 15.9 Å². The van der Waals surface area contributed by atoms with Crippen molar-refractivity contribution in [3.63, 3.8) is 0 Å². The number of Topliss-reactive ketones (excluding diaryl/α,β-unsaturated/α-hetero) is 1. The molecule has 0 unspecified atom stereocenters. The van der Waals surface area contributed by atoms with Crippen molar-refractivity contribution in [1.82, 2.24) is 0 Å². The van der Waals surface area contributed by atoms with E-state index in [0.29, 0.717) is 10.0 Å². The first-order chi connectivity index (χ1) is 7.52. The lowest BCUT2D eigenvalue weighted by Gasteiger charge is -2.08. The molecule has 6 heteroatoms. The number of halogens is 4. The van der Waals surface area contributed by atoms with Gasteiger partial charge in [0.15, 0.2) is 5.78 Å². The maximum Gasteiger partial charge on any atom is 0.387 e. The number of rotatable bonds is 5. The number of hydrogen-bond donors (Lipinski definition) is 0. The Hall–Kier alpha value is -0.680. The van der Waals surface area contributed by atoms with Crippen LogP contribution in [-0.4, -0.2) is 18.3 Å². The van der Waals surface area contributed by atoms with E-state index in [9.17, 15) is 13.6 Å². The molecule has 0 atom stereocenters. The zero-order valence-electron chi connectivity index (χ0n) is 8.05. The summed E-state index contributed by atoms with van der Waals surface area (Å²) in [5.41, 5.74) is 0.573. The van der Waals surface area contributed by atoms with Crippen molar-refractivity contribution in [2.45, 2.75) is 13.0 Å². The smallest absolute Gasteiger partial charge is 0.387 e. The van der Waals surface area contributed by atoms with Crippen molar-refractivity contribution in [3.8, 4) is 5.75 Å². The minimum absolute atomic E-state index is 0.0237. The molecule has 2 nitrogen and oxygen atoms in total. The topological polar surface area (TPSA) is 26.3 Å². The number of ketones is 1. The molecule has 0 heterocycles. The van der Waals surface area contributed by atoms with Crippen LogP contribution in [0, 0.1) is 0 Å². The molecule has 0 N–H and O–H groups in total. The number of hydrogen-bond acceptors (Lipinski definition) is 2. The summed E-state index contributed by atoms with van der Waals surface area (Å²) in [6.45, 7) is -2.88. The molecule has 0 aliphatic heterocycles. The van der Waals surface area contributed by atoms with Crippen LogP contribution < -0.4 is 4.74 Å². The second-order valence-corrected chi connectivity index (χ2v) is 4.10. The molecule has 0 radical (unpaired) electrons. The zero-order valence-corrected chi connectivity index (χ0v) is 10.4. The molecule has 0 aromatic heterocycles. The van der Waals surface area contributed by atoms with Gasteiger partial charge >= 0.3 is 6.61 Å². The highest BCUT2D eigenvalue weighted by Crippen LogP contribution is 2.24. The summed E-state index contributed by atoms with van der Waals surface area (Å²) in [7, 11) is 0. The van der Waals surface area contributed by atoms with Gasteiger partial charge in [0.1, 0.15) is 5.75 Å². The highest BCUT2D eigenvalue weighted by Gasteiger charge is 2.10. The van der Waals surface area contributed by atoms with Gasteiger partial charge in [-0.3, -0.25) is 4.79 Å². The van der Waals surface area contributed by atoms with Gasteiger partial charge in [0.25, 0.3) is 0 Å². The van der Waals surface area contributed by atoms with E-state index in [-0.39, 0.29) is 23.8 Å². The molecular weight excluding hydrogens is 305 g/mol. The molecule has 0 saturated carbocycles. The number of carbonyl (C=O) groups excluding carboxylic acids is 1. The third-order valence-electron chi connectivity index (χ3n) is 1.78. The van der Waals surface area contributed by atoms with E-state index in [1.807, 2.05) is 0 Å². The Bertz CT molecular complexity index is 385. The summed E-state index contributed by atoms with van der Waals surface area (Å²) < 4.78 is 28.8. The van der Waals surface area contributed by atoms with Crippen molar-refractivity contribution in [2.75, 3.05) is 5.88 Å². The number of alkyl halides is 3. The number of ether oxygens (including phenoxy) is 1. The van der Waals surface area contributed by atoms with Crippen LogP contribution in [0.5, 0.6) is 5.75 Å².